The fraction of sp³-hybridized carbons (Fsp3) is 0.391. The van der Waals surface area contributed by atoms with Gasteiger partial charge >= 0.3 is 5.97 Å². The smallest absolute Gasteiger partial charge is 0.303 e. The standard InChI is InChI=1S/C23H27BrF2N2O3.ClH/c1-14(29)28-21(10-16-8-19(25)12-20(26)9-16)22(31-15(2)30)13-27-23(3,4)17-6-5-7-18(24)11-17;/h5-9,11-12,21-22,27H,10,13H2,1-4H3,(H,28,29);1H/t21-,22+;/m0./s1. The number of amides is 1. The number of halogens is 4. The predicted octanol–water partition coefficient (Wildman–Crippen LogP) is 4.65. The molecule has 2 rings (SSSR count). The largest absolute Gasteiger partial charge is 0.459 e. The molecule has 0 aliphatic rings. The molecule has 0 radical (unpaired) electrons. The SMILES string of the molecule is CC(=O)N[C@@H](Cc1cc(F)cc(F)c1)[C@@H](CNC(C)(C)c1cccc(Br)c1)OC(C)=O.Cl. The zero-order valence-electron chi connectivity index (χ0n) is 18.4. The van der Waals surface area contributed by atoms with Gasteiger partial charge < -0.3 is 15.4 Å². The molecule has 0 heterocycles. The molecule has 0 bridgehead atoms. The van der Waals surface area contributed by atoms with Crippen molar-refractivity contribution in [3.8, 4) is 0 Å². The molecule has 0 aliphatic carbocycles. The highest BCUT2D eigenvalue weighted by atomic mass is 79.9. The zero-order chi connectivity index (χ0) is 23.2. The Bertz CT molecular complexity index is 923. The van der Waals surface area contributed by atoms with E-state index in [2.05, 4.69) is 26.6 Å². The van der Waals surface area contributed by atoms with E-state index in [1.165, 1.54) is 26.0 Å². The van der Waals surface area contributed by atoms with Crippen molar-refractivity contribution in [2.45, 2.75) is 51.8 Å². The summed E-state index contributed by atoms with van der Waals surface area (Å²) >= 11 is 3.46. The van der Waals surface area contributed by atoms with Gasteiger partial charge in [0.15, 0.2) is 0 Å². The number of rotatable bonds is 9. The topological polar surface area (TPSA) is 67.4 Å². The molecule has 0 fully saturated rings. The van der Waals surface area contributed by atoms with Crippen LogP contribution in [0.3, 0.4) is 0 Å². The third-order valence-electron chi connectivity index (χ3n) is 4.82. The lowest BCUT2D eigenvalue weighted by atomic mass is 9.93. The third kappa shape index (κ3) is 8.84. The molecule has 0 spiro atoms. The second-order valence-corrected chi connectivity index (χ2v) is 8.87. The molecule has 32 heavy (non-hydrogen) atoms. The number of hydrogen-bond donors (Lipinski definition) is 2. The Hall–Kier alpha value is -2.03. The molecule has 0 aliphatic heterocycles. The van der Waals surface area contributed by atoms with Crippen LogP contribution in [-0.4, -0.2) is 30.6 Å². The number of ether oxygens (including phenoxy) is 1. The molecule has 2 aromatic rings. The fourth-order valence-electron chi connectivity index (χ4n) is 3.33. The van der Waals surface area contributed by atoms with Crippen molar-refractivity contribution in [1.82, 2.24) is 10.6 Å². The van der Waals surface area contributed by atoms with Gasteiger partial charge in [0.1, 0.15) is 17.7 Å². The van der Waals surface area contributed by atoms with Crippen molar-refractivity contribution >= 4 is 40.2 Å². The summed E-state index contributed by atoms with van der Waals surface area (Å²) < 4.78 is 33.7. The molecule has 0 saturated heterocycles. The van der Waals surface area contributed by atoms with Crippen molar-refractivity contribution in [3.63, 3.8) is 0 Å². The Morgan fingerprint density at radius 3 is 2.25 bits per heavy atom. The van der Waals surface area contributed by atoms with Crippen LogP contribution in [0.1, 0.15) is 38.8 Å². The Morgan fingerprint density at radius 2 is 1.72 bits per heavy atom. The quantitative estimate of drug-likeness (QED) is 0.461. The molecule has 2 N–H and O–H groups in total. The number of nitrogens with one attached hydrogen (secondary N) is 2. The summed E-state index contributed by atoms with van der Waals surface area (Å²) in [7, 11) is 0. The van der Waals surface area contributed by atoms with E-state index in [-0.39, 0.29) is 31.3 Å². The van der Waals surface area contributed by atoms with E-state index in [1.54, 1.807) is 0 Å². The van der Waals surface area contributed by atoms with Gasteiger partial charge in [-0.3, -0.25) is 9.59 Å². The van der Waals surface area contributed by atoms with Crippen LogP contribution >= 0.6 is 28.3 Å². The summed E-state index contributed by atoms with van der Waals surface area (Å²) in [6.45, 7) is 6.79. The maximum atomic E-state index is 13.6. The molecule has 0 aromatic heterocycles. The Morgan fingerprint density at radius 1 is 1.09 bits per heavy atom. The minimum absolute atomic E-state index is 0. The zero-order valence-corrected chi connectivity index (χ0v) is 20.8. The van der Waals surface area contributed by atoms with Crippen LogP contribution in [-0.2, 0) is 26.3 Å². The van der Waals surface area contributed by atoms with Gasteiger partial charge in [0.2, 0.25) is 5.91 Å². The second kappa shape index (κ2) is 12.3. The third-order valence-corrected chi connectivity index (χ3v) is 5.32. The van der Waals surface area contributed by atoms with Crippen molar-refractivity contribution < 1.29 is 23.1 Å². The fourth-order valence-corrected chi connectivity index (χ4v) is 3.73. The molecule has 176 valence electrons. The average Bonchev–Trinajstić information content (AvgIpc) is 2.63. The van der Waals surface area contributed by atoms with E-state index >= 15 is 0 Å². The summed E-state index contributed by atoms with van der Waals surface area (Å²) in [6.07, 6.45) is -0.676. The summed E-state index contributed by atoms with van der Waals surface area (Å²) in [5.41, 5.74) is 0.875. The van der Waals surface area contributed by atoms with Crippen LogP contribution in [0.4, 0.5) is 8.78 Å². The molecule has 2 aromatic carbocycles. The van der Waals surface area contributed by atoms with Crippen LogP contribution in [0.5, 0.6) is 0 Å². The van der Waals surface area contributed by atoms with Crippen LogP contribution in [0.15, 0.2) is 46.9 Å². The first-order valence-electron chi connectivity index (χ1n) is 9.86. The first-order valence-corrected chi connectivity index (χ1v) is 10.7. The lowest BCUT2D eigenvalue weighted by molar-refractivity contribution is -0.148. The molecule has 5 nitrogen and oxygen atoms in total. The van der Waals surface area contributed by atoms with Crippen LogP contribution < -0.4 is 10.6 Å². The molecular formula is C23H28BrClF2N2O3. The highest BCUT2D eigenvalue weighted by Gasteiger charge is 2.29. The number of benzene rings is 2. The molecule has 9 heteroatoms. The van der Waals surface area contributed by atoms with E-state index in [9.17, 15) is 18.4 Å². The second-order valence-electron chi connectivity index (χ2n) is 7.95. The first-order chi connectivity index (χ1) is 14.5. The molecule has 1 amide bonds. The number of carbonyl (C=O) groups is 2. The highest BCUT2D eigenvalue weighted by Crippen LogP contribution is 2.24. The van der Waals surface area contributed by atoms with Gasteiger partial charge in [-0.1, -0.05) is 28.1 Å². The van der Waals surface area contributed by atoms with Crippen LogP contribution in [0.25, 0.3) is 0 Å². The maximum absolute atomic E-state index is 13.6. The van der Waals surface area contributed by atoms with E-state index in [1.807, 2.05) is 38.1 Å². The van der Waals surface area contributed by atoms with Crippen molar-refractivity contribution in [2.24, 2.45) is 0 Å². The highest BCUT2D eigenvalue weighted by molar-refractivity contribution is 9.10. The number of hydrogen-bond acceptors (Lipinski definition) is 4. The minimum atomic E-state index is -0.765. The number of carbonyl (C=O) groups excluding carboxylic acids is 2. The predicted molar refractivity (Wildman–Crippen MR) is 126 cm³/mol. The van der Waals surface area contributed by atoms with Gasteiger partial charge in [-0.15, -0.1) is 12.4 Å². The first kappa shape index (κ1) is 28.0. The maximum Gasteiger partial charge on any atom is 0.303 e. The molecule has 2 atom stereocenters. The van der Waals surface area contributed by atoms with Crippen molar-refractivity contribution in [1.29, 1.82) is 0 Å². The Balaban J connectivity index is 0.00000512. The van der Waals surface area contributed by atoms with Gasteiger partial charge in [-0.2, -0.15) is 0 Å². The summed E-state index contributed by atoms with van der Waals surface area (Å²) in [6, 6.07) is 10.3. The summed E-state index contributed by atoms with van der Waals surface area (Å²) in [5, 5.41) is 6.12. The van der Waals surface area contributed by atoms with Gasteiger partial charge in [0.25, 0.3) is 0 Å². The lowest BCUT2D eigenvalue weighted by Gasteiger charge is -2.33. The van der Waals surface area contributed by atoms with E-state index in [0.29, 0.717) is 5.56 Å². The lowest BCUT2D eigenvalue weighted by Crippen LogP contribution is -2.52. The Labute approximate surface area is 201 Å². The van der Waals surface area contributed by atoms with Crippen molar-refractivity contribution in [3.05, 3.63) is 69.7 Å². The van der Waals surface area contributed by atoms with E-state index in [4.69, 9.17) is 4.74 Å². The Kier molecular flexibility index (Phi) is 10.7. The number of esters is 1. The summed E-state index contributed by atoms with van der Waals surface area (Å²) in [5.74, 6) is -2.29. The summed E-state index contributed by atoms with van der Waals surface area (Å²) in [4.78, 5) is 23.6. The van der Waals surface area contributed by atoms with E-state index in [0.717, 1.165) is 16.1 Å². The van der Waals surface area contributed by atoms with E-state index < -0.39 is 35.3 Å². The van der Waals surface area contributed by atoms with Crippen molar-refractivity contribution in [2.75, 3.05) is 6.54 Å². The molecule has 0 unspecified atom stereocenters. The normalized spacial score (nSPS) is 13.0. The van der Waals surface area contributed by atoms with Gasteiger partial charge in [0.05, 0.1) is 6.04 Å². The van der Waals surface area contributed by atoms with Crippen LogP contribution in [0.2, 0.25) is 0 Å². The minimum Gasteiger partial charge on any atom is -0.459 e. The van der Waals surface area contributed by atoms with Gasteiger partial charge in [-0.05, 0) is 55.7 Å². The van der Waals surface area contributed by atoms with Crippen LogP contribution in [0, 0.1) is 11.6 Å². The van der Waals surface area contributed by atoms with Gasteiger partial charge in [-0.25, -0.2) is 8.78 Å². The molecular weight excluding hydrogens is 506 g/mol. The van der Waals surface area contributed by atoms with Gasteiger partial charge in [0, 0.05) is 36.5 Å². The monoisotopic (exact) mass is 532 g/mol. The average molecular weight is 534 g/mol. The molecule has 0 saturated carbocycles.